The van der Waals surface area contributed by atoms with E-state index < -0.39 is 30.8 Å². The molecule has 0 heterocycles. The summed E-state index contributed by atoms with van der Waals surface area (Å²) < 4.78 is 8.33. The number of hydrogen-bond acceptors (Lipinski definition) is 4. The Morgan fingerprint density at radius 2 is 1.40 bits per heavy atom. The Balaban J connectivity index is 4.70. The normalized spacial score (nSPS) is 14.4. The standard InChI is InChI=1S/C17H40N2O3Si3/c1-15(20)18-16(17(21)22-25(8,9)10)13-11-12-14-19(23(2,3)4)24(5,6)7/h16H,11-14H2,1-10H3,(H,18,20). The van der Waals surface area contributed by atoms with Gasteiger partial charge in [0.1, 0.15) is 22.5 Å². The topological polar surface area (TPSA) is 58.6 Å². The minimum Gasteiger partial charge on any atom is -0.518 e. The van der Waals surface area contributed by atoms with Gasteiger partial charge in [0.2, 0.25) is 14.2 Å². The van der Waals surface area contributed by atoms with Crippen LogP contribution in [0.25, 0.3) is 0 Å². The fourth-order valence-electron chi connectivity index (χ4n) is 3.16. The Labute approximate surface area is 158 Å². The molecule has 1 amide bonds. The quantitative estimate of drug-likeness (QED) is 0.441. The SMILES string of the molecule is CC(=O)NC(CCCCN([Si](C)(C)C)[Si](C)(C)C)C(=O)O[Si](C)(C)C. The molecule has 0 aliphatic rings. The highest BCUT2D eigenvalue weighted by Crippen LogP contribution is 2.21. The lowest BCUT2D eigenvalue weighted by Crippen LogP contribution is -2.59. The first-order valence-electron chi connectivity index (χ1n) is 9.32. The molecule has 8 heteroatoms. The average Bonchev–Trinajstić information content (AvgIpc) is 2.30. The highest BCUT2D eigenvalue weighted by molar-refractivity contribution is 6.89. The van der Waals surface area contributed by atoms with E-state index >= 15 is 0 Å². The van der Waals surface area contributed by atoms with Gasteiger partial charge in [0.15, 0.2) is 0 Å². The van der Waals surface area contributed by atoms with Crippen molar-refractivity contribution in [3.63, 3.8) is 0 Å². The Morgan fingerprint density at radius 3 is 1.76 bits per heavy atom. The first kappa shape index (κ1) is 24.6. The van der Waals surface area contributed by atoms with E-state index in [4.69, 9.17) is 4.43 Å². The fourth-order valence-corrected chi connectivity index (χ4v) is 13.6. The molecule has 0 aliphatic heterocycles. The van der Waals surface area contributed by atoms with Crippen molar-refractivity contribution in [2.24, 2.45) is 0 Å². The molecule has 5 nitrogen and oxygen atoms in total. The van der Waals surface area contributed by atoms with Crippen molar-refractivity contribution in [1.29, 1.82) is 0 Å². The van der Waals surface area contributed by atoms with Gasteiger partial charge in [-0.25, -0.2) is 0 Å². The molecule has 1 unspecified atom stereocenters. The first-order valence-corrected chi connectivity index (χ1v) is 19.6. The molecule has 0 saturated carbocycles. The lowest BCUT2D eigenvalue weighted by atomic mass is 10.1. The largest absolute Gasteiger partial charge is 0.518 e. The zero-order valence-electron chi connectivity index (χ0n) is 18.1. The third-order valence-electron chi connectivity index (χ3n) is 3.81. The lowest BCUT2D eigenvalue weighted by Gasteiger charge is -2.43. The van der Waals surface area contributed by atoms with E-state index in [0.717, 1.165) is 19.4 Å². The predicted octanol–water partition coefficient (Wildman–Crippen LogP) is 4.01. The van der Waals surface area contributed by atoms with Crippen LogP contribution in [0.4, 0.5) is 0 Å². The van der Waals surface area contributed by atoms with Crippen LogP contribution in [0.5, 0.6) is 0 Å². The maximum absolute atomic E-state index is 12.3. The summed E-state index contributed by atoms with van der Waals surface area (Å²) in [6.45, 7) is 22.9. The Morgan fingerprint density at radius 1 is 0.920 bits per heavy atom. The van der Waals surface area contributed by atoms with Gasteiger partial charge in [-0.2, -0.15) is 0 Å². The smallest absolute Gasteiger partial charge is 0.315 e. The molecule has 0 bridgehead atoms. The van der Waals surface area contributed by atoms with Crippen LogP contribution in [0.3, 0.4) is 0 Å². The van der Waals surface area contributed by atoms with E-state index in [1.54, 1.807) is 0 Å². The van der Waals surface area contributed by atoms with Crippen molar-refractivity contribution in [2.75, 3.05) is 6.54 Å². The second kappa shape index (κ2) is 9.48. The second-order valence-electron chi connectivity index (χ2n) is 9.78. The van der Waals surface area contributed by atoms with Crippen LogP contribution in [0.15, 0.2) is 0 Å². The van der Waals surface area contributed by atoms with Crippen LogP contribution in [0.1, 0.15) is 26.2 Å². The van der Waals surface area contributed by atoms with Crippen LogP contribution in [-0.4, -0.2) is 53.5 Å². The molecule has 0 aromatic rings. The van der Waals surface area contributed by atoms with Crippen molar-refractivity contribution < 1.29 is 14.0 Å². The van der Waals surface area contributed by atoms with Crippen LogP contribution in [-0.2, 0) is 14.0 Å². The minimum atomic E-state index is -1.95. The molecule has 0 fully saturated rings. The minimum absolute atomic E-state index is 0.177. The molecule has 1 N–H and O–H groups in total. The summed E-state index contributed by atoms with van der Waals surface area (Å²) in [4.78, 5) is 23.8. The van der Waals surface area contributed by atoms with Gasteiger partial charge in [-0.15, -0.1) is 0 Å². The Kier molecular flexibility index (Phi) is 9.31. The van der Waals surface area contributed by atoms with E-state index in [1.807, 2.05) is 19.6 Å². The number of unbranched alkanes of at least 4 members (excludes halogenated alkanes) is 1. The molecule has 0 aromatic heterocycles. The van der Waals surface area contributed by atoms with Crippen molar-refractivity contribution in [3.8, 4) is 0 Å². The molecule has 148 valence electrons. The summed E-state index contributed by atoms with van der Waals surface area (Å²) in [6.07, 6.45) is 2.61. The summed E-state index contributed by atoms with van der Waals surface area (Å²) in [6, 6.07) is -0.517. The number of hydrogen-bond donors (Lipinski definition) is 1. The molecule has 0 aliphatic carbocycles. The molecule has 1 atom stereocenters. The summed E-state index contributed by atoms with van der Waals surface area (Å²) >= 11 is 0. The third kappa shape index (κ3) is 11.0. The number of rotatable bonds is 10. The van der Waals surface area contributed by atoms with Crippen molar-refractivity contribution in [2.45, 2.75) is 91.2 Å². The number of amides is 1. The third-order valence-corrected chi connectivity index (χ3v) is 12.3. The fraction of sp³-hybridized carbons (Fsp3) is 0.882. The van der Waals surface area contributed by atoms with Gasteiger partial charge in [0.25, 0.3) is 0 Å². The molecule has 0 radical (unpaired) electrons. The van der Waals surface area contributed by atoms with E-state index in [1.165, 1.54) is 6.92 Å². The first-order chi connectivity index (χ1) is 11.0. The van der Waals surface area contributed by atoms with Gasteiger partial charge in [-0.3, -0.25) is 9.59 Å². The van der Waals surface area contributed by atoms with E-state index in [0.29, 0.717) is 6.42 Å². The van der Waals surface area contributed by atoms with Gasteiger partial charge >= 0.3 is 5.97 Å². The van der Waals surface area contributed by atoms with Crippen LogP contribution < -0.4 is 5.32 Å². The molecule has 0 rings (SSSR count). The number of nitrogens with zero attached hydrogens (tertiary/aromatic N) is 1. The monoisotopic (exact) mass is 404 g/mol. The highest BCUT2D eigenvalue weighted by Gasteiger charge is 2.34. The lowest BCUT2D eigenvalue weighted by molar-refractivity contribution is -0.140. The zero-order chi connectivity index (χ0) is 20.1. The molecule has 25 heavy (non-hydrogen) atoms. The number of carbonyl (C=O) groups is 2. The summed E-state index contributed by atoms with van der Waals surface area (Å²) in [5, 5.41) is 2.76. The van der Waals surface area contributed by atoms with Gasteiger partial charge in [-0.1, -0.05) is 39.3 Å². The van der Waals surface area contributed by atoms with Gasteiger partial charge < -0.3 is 14.0 Å². The summed E-state index contributed by atoms with van der Waals surface area (Å²) in [5.41, 5.74) is 0. The molecular weight excluding hydrogens is 364 g/mol. The van der Waals surface area contributed by atoms with E-state index in [2.05, 4.69) is 48.8 Å². The Hall–Kier alpha value is -0.449. The number of nitrogens with one attached hydrogen (secondary N) is 1. The summed E-state index contributed by atoms with van der Waals surface area (Å²) in [5.74, 6) is -0.454. The molecule has 0 aromatic carbocycles. The van der Waals surface area contributed by atoms with Gasteiger partial charge in [0.05, 0.1) is 0 Å². The maximum atomic E-state index is 12.3. The van der Waals surface area contributed by atoms with Crippen LogP contribution in [0.2, 0.25) is 58.9 Å². The van der Waals surface area contributed by atoms with Crippen molar-refractivity contribution in [1.82, 2.24) is 9.55 Å². The Bertz CT molecular complexity index is 438. The van der Waals surface area contributed by atoms with Crippen LogP contribution in [0, 0.1) is 0 Å². The predicted molar refractivity (Wildman–Crippen MR) is 114 cm³/mol. The van der Waals surface area contributed by atoms with Gasteiger partial charge in [-0.05, 0) is 45.4 Å². The maximum Gasteiger partial charge on any atom is 0.315 e. The summed E-state index contributed by atoms with van der Waals surface area (Å²) in [7, 11) is -4.63. The molecule has 0 saturated heterocycles. The van der Waals surface area contributed by atoms with E-state index in [-0.39, 0.29) is 11.9 Å². The molecule has 0 spiro atoms. The zero-order valence-corrected chi connectivity index (χ0v) is 21.1. The molecular formula is C17H40N2O3Si3. The second-order valence-corrected chi connectivity index (χ2v) is 24.4. The van der Waals surface area contributed by atoms with Crippen molar-refractivity contribution >= 4 is 36.7 Å². The number of carbonyl (C=O) groups excluding carboxylic acids is 2. The average molecular weight is 405 g/mol. The highest BCUT2D eigenvalue weighted by atomic mass is 28.4. The van der Waals surface area contributed by atoms with E-state index in [9.17, 15) is 9.59 Å². The van der Waals surface area contributed by atoms with Crippen LogP contribution >= 0.6 is 0 Å². The van der Waals surface area contributed by atoms with Gasteiger partial charge in [0, 0.05) is 6.92 Å². The van der Waals surface area contributed by atoms with Crippen molar-refractivity contribution in [3.05, 3.63) is 0 Å².